The van der Waals surface area contributed by atoms with E-state index in [0.29, 0.717) is 34.9 Å². The van der Waals surface area contributed by atoms with Gasteiger partial charge in [0.1, 0.15) is 11.8 Å². The van der Waals surface area contributed by atoms with E-state index < -0.39 is 6.04 Å². The molecule has 35 heavy (non-hydrogen) atoms. The third-order valence-corrected chi connectivity index (χ3v) is 8.26. The average Bonchev–Trinajstić information content (AvgIpc) is 3.32. The van der Waals surface area contributed by atoms with Crippen molar-refractivity contribution in [3.63, 3.8) is 0 Å². The van der Waals surface area contributed by atoms with Crippen molar-refractivity contribution in [2.45, 2.75) is 45.6 Å². The van der Waals surface area contributed by atoms with E-state index in [9.17, 15) is 9.59 Å². The summed E-state index contributed by atoms with van der Waals surface area (Å²) in [7, 11) is 0. The molecule has 5 nitrogen and oxygen atoms in total. The Morgan fingerprint density at radius 3 is 2.54 bits per heavy atom. The lowest BCUT2D eigenvalue weighted by molar-refractivity contribution is -0.116. The van der Waals surface area contributed by atoms with Crippen molar-refractivity contribution < 1.29 is 9.21 Å². The summed E-state index contributed by atoms with van der Waals surface area (Å²) in [6, 6.07) is 13.3. The zero-order valence-electron chi connectivity index (χ0n) is 19.9. The minimum Gasteiger partial charge on any atom is -0.464 e. The van der Waals surface area contributed by atoms with E-state index in [1.807, 2.05) is 31.2 Å². The molecule has 1 aliphatic heterocycles. The van der Waals surface area contributed by atoms with Gasteiger partial charge in [-0.05, 0) is 74.0 Å². The molecule has 176 valence electrons. The maximum Gasteiger partial charge on any atom is 0.198 e. The number of benzene rings is 2. The van der Waals surface area contributed by atoms with Gasteiger partial charge in [0, 0.05) is 28.5 Å². The van der Waals surface area contributed by atoms with Gasteiger partial charge >= 0.3 is 0 Å². The van der Waals surface area contributed by atoms with Gasteiger partial charge in [0.05, 0.1) is 28.4 Å². The Kier molecular flexibility index (Phi) is 5.15. The monoisotopic (exact) mass is 482 g/mol. The van der Waals surface area contributed by atoms with Crippen LogP contribution in [0.25, 0.3) is 11.0 Å². The van der Waals surface area contributed by atoms with Gasteiger partial charge in [-0.3, -0.25) is 9.59 Å². The molecule has 1 aliphatic carbocycles. The molecule has 0 amide bonds. The summed E-state index contributed by atoms with van der Waals surface area (Å²) in [6.45, 7) is 6.10. The highest BCUT2D eigenvalue weighted by Gasteiger charge is 2.37. The number of aryl methyl sites for hydroxylation is 3. The first-order valence-electron chi connectivity index (χ1n) is 11.9. The Morgan fingerprint density at radius 2 is 1.77 bits per heavy atom. The van der Waals surface area contributed by atoms with Crippen LogP contribution in [0.15, 0.2) is 74.6 Å². The maximum absolute atomic E-state index is 13.7. The van der Waals surface area contributed by atoms with Crippen molar-refractivity contribution >= 4 is 39.5 Å². The summed E-state index contributed by atoms with van der Waals surface area (Å²) in [5.74, 6) is 0.179. The van der Waals surface area contributed by atoms with Gasteiger partial charge in [-0.2, -0.15) is 0 Å². The predicted molar refractivity (Wildman–Crippen MR) is 141 cm³/mol. The van der Waals surface area contributed by atoms with E-state index in [1.165, 1.54) is 11.1 Å². The Morgan fingerprint density at radius 1 is 0.971 bits per heavy atom. The number of anilines is 2. The normalized spacial score (nSPS) is 19.6. The molecule has 0 fully saturated rings. The van der Waals surface area contributed by atoms with Crippen molar-refractivity contribution in [1.29, 1.82) is 0 Å². The van der Waals surface area contributed by atoms with Gasteiger partial charge in [-0.15, -0.1) is 11.3 Å². The second-order valence-corrected chi connectivity index (χ2v) is 10.6. The predicted octanol–water partition coefficient (Wildman–Crippen LogP) is 6.76. The van der Waals surface area contributed by atoms with Crippen LogP contribution in [-0.4, -0.2) is 5.78 Å². The van der Waals surface area contributed by atoms with Gasteiger partial charge in [-0.25, -0.2) is 0 Å². The lowest BCUT2D eigenvalue weighted by Gasteiger charge is -2.28. The topological polar surface area (TPSA) is 71.3 Å². The van der Waals surface area contributed by atoms with E-state index in [4.69, 9.17) is 4.42 Å². The third-order valence-electron chi connectivity index (χ3n) is 7.23. The Bertz CT molecular complexity index is 1580. The highest BCUT2D eigenvalue weighted by molar-refractivity contribution is 7.10. The highest BCUT2D eigenvalue weighted by atomic mass is 32.1. The van der Waals surface area contributed by atoms with Crippen LogP contribution in [0.5, 0.6) is 0 Å². The fourth-order valence-corrected chi connectivity index (χ4v) is 6.06. The molecule has 2 N–H and O–H groups in total. The molecule has 0 saturated carbocycles. The van der Waals surface area contributed by atoms with Crippen LogP contribution in [0.4, 0.5) is 11.4 Å². The van der Waals surface area contributed by atoms with Gasteiger partial charge in [-0.1, -0.05) is 17.7 Å². The SMILES string of the molecule is Cc1ccc2occ([C@H]3Nc4cc(C)c(C)cc4NC4=C3C(=O)C[C@@H](c3cccs3)C4)c(=O)c2c1. The largest absolute Gasteiger partial charge is 0.464 e. The third kappa shape index (κ3) is 3.69. The number of hydrogen-bond acceptors (Lipinski definition) is 6. The second kappa shape index (κ2) is 8.24. The minimum atomic E-state index is -0.598. The van der Waals surface area contributed by atoms with E-state index in [2.05, 4.69) is 48.1 Å². The molecular weight excluding hydrogens is 456 g/mol. The molecule has 3 heterocycles. The molecule has 2 aliphatic rings. The van der Waals surface area contributed by atoms with Gasteiger partial charge in [0.25, 0.3) is 0 Å². The van der Waals surface area contributed by atoms with Crippen molar-refractivity contribution in [3.8, 4) is 0 Å². The zero-order chi connectivity index (χ0) is 24.3. The molecule has 0 spiro atoms. The number of thiophene rings is 1. The number of carbonyl (C=O) groups is 1. The van der Waals surface area contributed by atoms with Crippen LogP contribution >= 0.6 is 11.3 Å². The average molecular weight is 483 g/mol. The summed E-state index contributed by atoms with van der Waals surface area (Å²) in [5, 5.41) is 9.72. The molecule has 6 heteroatoms. The van der Waals surface area contributed by atoms with Crippen LogP contribution in [0.2, 0.25) is 0 Å². The Balaban J connectivity index is 1.55. The van der Waals surface area contributed by atoms with E-state index >= 15 is 0 Å². The van der Waals surface area contributed by atoms with Crippen molar-refractivity contribution in [2.75, 3.05) is 10.6 Å². The summed E-state index contributed by atoms with van der Waals surface area (Å²) in [5.41, 5.74) is 7.47. The fourth-order valence-electron chi connectivity index (χ4n) is 5.23. The van der Waals surface area contributed by atoms with Crippen molar-refractivity contribution in [3.05, 3.63) is 103 Å². The minimum absolute atomic E-state index is 0.0552. The molecule has 2 aromatic heterocycles. The number of ketones is 1. The van der Waals surface area contributed by atoms with Gasteiger partial charge in [0.15, 0.2) is 11.2 Å². The maximum atomic E-state index is 13.7. The fraction of sp³-hybridized carbons (Fsp3) is 0.241. The highest BCUT2D eigenvalue weighted by Crippen LogP contribution is 2.45. The summed E-state index contributed by atoms with van der Waals surface area (Å²) >= 11 is 1.69. The van der Waals surface area contributed by atoms with E-state index in [-0.39, 0.29) is 17.1 Å². The summed E-state index contributed by atoms with van der Waals surface area (Å²) < 4.78 is 5.91. The smallest absolute Gasteiger partial charge is 0.198 e. The number of hydrogen-bond donors (Lipinski definition) is 2. The van der Waals surface area contributed by atoms with Crippen LogP contribution in [-0.2, 0) is 4.79 Å². The molecule has 2 atom stereocenters. The van der Waals surface area contributed by atoms with Gasteiger partial charge < -0.3 is 15.1 Å². The zero-order valence-corrected chi connectivity index (χ0v) is 20.7. The number of allylic oxidation sites excluding steroid dienone is 1. The van der Waals surface area contributed by atoms with Crippen LogP contribution < -0.4 is 16.1 Å². The van der Waals surface area contributed by atoms with Gasteiger partial charge in [0.2, 0.25) is 0 Å². The van der Waals surface area contributed by atoms with Crippen LogP contribution in [0.1, 0.15) is 51.9 Å². The molecular formula is C29H26N2O3S. The molecule has 0 radical (unpaired) electrons. The standard InChI is InChI=1S/C29H26N2O3S/c1-15-6-7-25-19(9-15)29(33)20(14-34-25)28-27-23(12-18(13-24(27)32)26-5-4-8-35-26)30-21-10-16(2)17(3)11-22(21)31-28/h4-11,14,18,28,30-31H,12-13H2,1-3H3/t18-,28+/m0/s1. The summed E-state index contributed by atoms with van der Waals surface area (Å²) in [4.78, 5) is 28.6. The van der Waals surface area contributed by atoms with Crippen LogP contribution in [0, 0.1) is 20.8 Å². The number of nitrogens with one attached hydrogen (secondary N) is 2. The number of carbonyl (C=O) groups excluding carboxylic acids is 1. The van der Waals surface area contributed by atoms with E-state index in [1.54, 1.807) is 11.3 Å². The number of fused-ring (bicyclic) bond motifs is 2. The van der Waals surface area contributed by atoms with Crippen LogP contribution in [0.3, 0.4) is 0 Å². The molecule has 0 saturated heterocycles. The molecule has 6 rings (SSSR count). The lowest BCUT2D eigenvalue weighted by atomic mass is 9.81. The quantitative estimate of drug-likeness (QED) is 0.330. The van der Waals surface area contributed by atoms with Crippen molar-refractivity contribution in [2.24, 2.45) is 0 Å². The Labute approximate surface area is 207 Å². The molecule has 0 unspecified atom stereocenters. The first-order chi connectivity index (χ1) is 16.9. The molecule has 0 bridgehead atoms. The number of Topliss-reactive ketones (excluding diaryl/α,β-unsaturated/α-hetero) is 1. The first kappa shape index (κ1) is 21.9. The summed E-state index contributed by atoms with van der Waals surface area (Å²) in [6.07, 6.45) is 2.66. The van der Waals surface area contributed by atoms with Crippen molar-refractivity contribution in [1.82, 2.24) is 0 Å². The van der Waals surface area contributed by atoms with E-state index in [0.717, 1.165) is 33.8 Å². The lowest BCUT2D eigenvalue weighted by Crippen LogP contribution is -2.29. The molecule has 2 aromatic carbocycles. The first-order valence-corrected chi connectivity index (χ1v) is 12.7. The second-order valence-electron chi connectivity index (χ2n) is 9.64. The number of rotatable bonds is 2. The Hall–Kier alpha value is -3.64. The molecule has 4 aromatic rings.